The largest absolute Gasteiger partial charge is 0.465 e. The summed E-state index contributed by atoms with van der Waals surface area (Å²) >= 11 is 5.90. The summed E-state index contributed by atoms with van der Waals surface area (Å²) in [7, 11) is 1.33. The first-order valence-corrected chi connectivity index (χ1v) is 8.86. The summed E-state index contributed by atoms with van der Waals surface area (Å²) in [5, 5.41) is 7.72. The Morgan fingerprint density at radius 2 is 1.82 bits per heavy atom. The minimum atomic E-state index is -0.401. The molecule has 7 heteroatoms. The molecule has 1 heterocycles. The molecule has 1 amide bonds. The molecular formula is C21H18ClN3O3. The van der Waals surface area contributed by atoms with Gasteiger partial charge in [0, 0.05) is 17.2 Å². The molecule has 0 aliphatic heterocycles. The van der Waals surface area contributed by atoms with Crippen molar-refractivity contribution in [2.45, 2.75) is 6.54 Å². The quantitative estimate of drug-likeness (QED) is 0.505. The van der Waals surface area contributed by atoms with Gasteiger partial charge in [-0.25, -0.2) is 9.48 Å². The number of halogens is 1. The smallest absolute Gasteiger partial charge is 0.337 e. The fourth-order valence-corrected chi connectivity index (χ4v) is 2.64. The Kier molecular flexibility index (Phi) is 6.24. The average molecular weight is 396 g/mol. The summed E-state index contributed by atoms with van der Waals surface area (Å²) < 4.78 is 6.35. The lowest BCUT2D eigenvalue weighted by Gasteiger charge is -2.08. The molecule has 28 heavy (non-hydrogen) atoms. The topological polar surface area (TPSA) is 73.2 Å². The molecule has 0 atom stereocenters. The molecule has 0 fully saturated rings. The second-order valence-electron chi connectivity index (χ2n) is 5.94. The number of carbonyl (C=O) groups is 2. The van der Waals surface area contributed by atoms with Gasteiger partial charge in [0.05, 0.1) is 25.4 Å². The van der Waals surface area contributed by atoms with Crippen LogP contribution < -0.4 is 5.32 Å². The Morgan fingerprint density at radius 3 is 2.50 bits per heavy atom. The van der Waals surface area contributed by atoms with Gasteiger partial charge in [-0.15, -0.1) is 0 Å². The summed E-state index contributed by atoms with van der Waals surface area (Å²) in [6, 6.07) is 15.9. The molecule has 0 aliphatic rings. The lowest BCUT2D eigenvalue weighted by molar-refractivity contribution is -0.111. The number of benzene rings is 2. The molecule has 0 radical (unpaired) electrons. The van der Waals surface area contributed by atoms with Crippen molar-refractivity contribution in [2.24, 2.45) is 0 Å². The molecule has 0 saturated heterocycles. The molecular weight excluding hydrogens is 378 g/mol. The van der Waals surface area contributed by atoms with Crippen LogP contribution in [0.5, 0.6) is 0 Å². The zero-order valence-corrected chi connectivity index (χ0v) is 15.9. The molecule has 0 bridgehead atoms. The van der Waals surface area contributed by atoms with Gasteiger partial charge in [-0.2, -0.15) is 5.10 Å². The van der Waals surface area contributed by atoms with E-state index in [0.29, 0.717) is 22.9 Å². The van der Waals surface area contributed by atoms with Crippen LogP contribution in [-0.2, 0) is 16.1 Å². The third-order valence-electron chi connectivity index (χ3n) is 3.97. The van der Waals surface area contributed by atoms with Crippen LogP contribution in [-0.4, -0.2) is 28.8 Å². The van der Waals surface area contributed by atoms with E-state index in [0.717, 1.165) is 11.1 Å². The first kappa shape index (κ1) is 19.4. The molecule has 0 aliphatic carbocycles. The zero-order valence-electron chi connectivity index (χ0n) is 15.1. The highest BCUT2D eigenvalue weighted by Crippen LogP contribution is 2.14. The Hall–Kier alpha value is -3.38. The van der Waals surface area contributed by atoms with Gasteiger partial charge >= 0.3 is 5.97 Å². The Morgan fingerprint density at radius 1 is 1.11 bits per heavy atom. The van der Waals surface area contributed by atoms with E-state index in [-0.39, 0.29) is 5.91 Å². The highest BCUT2D eigenvalue weighted by molar-refractivity contribution is 6.30. The minimum Gasteiger partial charge on any atom is -0.465 e. The van der Waals surface area contributed by atoms with Crippen molar-refractivity contribution in [3.8, 4) is 0 Å². The zero-order chi connectivity index (χ0) is 19.9. The van der Waals surface area contributed by atoms with Crippen molar-refractivity contribution >= 4 is 35.4 Å². The van der Waals surface area contributed by atoms with Gasteiger partial charge in [-0.1, -0.05) is 35.9 Å². The van der Waals surface area contributed by atoms with E-state index >= 15 is 0 Å². The Bertz CT molecular complexity index is 992. The molecule has 0 saturated carbocycles. The van der Waals surface area contributed by atoms with Crippen molar-refractivity contribution in [3.63, 3.8) is 0 Å². The molecule has 0 unspecified atom stereocenters. The normalized spacial score (nSPS) is 10.8. The molecule has 3 aromatic rings. The number of aromatic nitrogens is 2. The molecule has 3 rings (SSSR count). The number of esters is 1. The van der Waals surface area contributed by atoms with Crippen LogP contribution in [0.2, 0.25) is 5.02 Å². The Labute approximate surface area is 167 Å². The van der Waals surface area contributed by atoms with E-state index in [1.54, 1.807) is 47.3 Å². The van der Waals surface area contributed by atoms with Gasteiger partial charge in [0.2, 0.25) is 5.91 Å². The average Bonchev–Trinajstić information content (AvgIpc) is 3.14. The van der Waals surface area contributed by atoms with Crippen LogP contribution in [0, 0.1) is 0 Å². The summed E-state index contributed by atoms with van der Waals surface area (Å²) in [6.07, 6.45) is 4.71. The maximum Gasteiger partial charge on any atom is 0.337 e. The van der Waals surface area contributed by atoms with E-state index in [4.69, 9.17) is 11.6 Å². The number of hydrogen-bond acceptors (Lipinski definition) is 4. The molecule has 142 valence electrons. The summed E-state index contributed by atoms with van der Waals surface area (Å²) in [5.41, 5.74) is 2.26. The number of anilines is 1. The van der Waals surface area contributed by atoms with E-state index in [9.17, 15) is 9.59 Å². The number of carbonyl (C=O) groups excluding carboxylic acids is 2. The fourth-order valence-electron chi connectivity index (χ4n) is 2.52. The summed E-state index contributed by atoms with van der Waals surface area (Å²) in [6.45, 7) is 0.512. The van der Waals surface area contributed by atoms with E-state index in [1.807, 2.05) is 24.3 Å². The van der Waals surface area contributed by atoms with Crippen LogP contribution in [0.15, 0.2) is 66.9 Å². The number of nitrogens with zero attached hydrogens (tertiary/aromatic N) is 2. The number of methoxy groups -OCH3 is 1. The standard InChI is InChI=1S/C21H18ClN3O3/c1-28-21(27)17-7-2-15(3-8-17)6-11-20(26)24-19-12-13-23-25(19)14-16-4-9-18(22)10-5-16/h2-13H,14H2,1H3,(H,24,26)/b11-6+. The van der Waals surface area contributed by atoms with E-state index in [2.05, 4.69) is 15.2 Å². The SMILES string of the molecule is COC(=O)c1ccc(/C=C/C(=O)Nc2ccnn2Cc2ccc(Cl)cc2)cc1. The first-order valence-electron chi connectivity index (χ1n) is 8.49. The highest BCUT2D eigenvalue weighted by atomic mass is 35.5. The maximum absolute atomic E-state index is 12.2. The third-order valence-corrected chi connectivity index (χ3v) is 4.22. The van der Waals surface area contributed by atoms with Crippen LogP contribution in [0.1, 0.15) is 21.5 Å². The lowest BCUT2D eigenvalue weighted by Crippen LogP contribution is -2.13. The third kappa shape index (κ3) is 5.08. The van der Waals surface area contributed by atoms with Gasteiger partial charge in [0.15, 0.2) is 0 Å². The number of nitrogens with one attached hydrogen (secondary N) is 1. The van der Waals surface area contributed by atoms with Crippen molar-refractivity contribution in [3.05, 3.63) is 88.6 Å². The first-order chi connectivity index (χ1) is 13.5. The molecule has 1 aromatic heterocycles. The van der Waals surface area contributed by atoms with Gasteiger partial charge in [-0.3, -0.25) is 4.79 Å². The second kappa shape index (κ2) is 9.01. The number of amides is 1. The molecule has 2 aromatic carbocycles. The highest BCUT2D eigenvalue weighted by Gasteiger charge is 2.07. The van der Waals surface area contributed by atoms with Crippen LogP contribution in [0.4, 0.5) is 5.82 Å². The molecule has 6 nitrogen and oxygen atoms in total. The number of rotatable bonds is 6. The van der Waals surface area contributed by atoms with Gasteiger partial charge in [0.25, 0.3) is 0 Å². The Balaban J connectivity index is 1.62. The van der Waals surface area contributed by atoms with Gasteiger partial charge < -0.3 is 10.1 Å². The molecule has 1 N–H and O–H groups in total. The van der Waals surface area contributed by atoms with Crippen LogP contribution >= 0.6 is 11.6 Å². The van der Waals surface area contributed by atoms with Gasteiger partial charge in [0.1, 0.15) is 5.82 Å². The monoisotopic (exact) mass is 395 g/mol. The number of ether oxygens (including phenoxy) is 1. The summed E-state index contributed by atoms with van der Waals surface area (Å²) in [4.78, 5) is 23.7. The van der Waals surface area contributed by atoms with Crippen molar-refractivity contribution in [1.82, 2.24) is 9.78 Å². The predicted octanol–water partition coefficient (Wildman–Crippen LogP) is 4.02. The van der Waals surface area contributed by atoms with Crippen molar-refractivity contribution in [2.75, 3.05) is 12.4 Å². The van der Waals surface area contributed by atoms with E-state index in [1.165, 1.54) is 13.2 Å². The minimum absolute atomic E-state index is 0.282. The summed E-state index contributed by atoms with van der Waals surface area (Å²) in [5.74, 6) is -0.0947. The van der Waals surface area contributed by atoms with Crippen molar-refractivity contribution < 1.29 is 14.3 Å². The fraction of sp³-hybridized carbons (Fsp3) is 0.0952. The molecule has 0 spiro atoms. The van der Waals surface area contributed by atoms with Crippen LogP contribution in [0.25, 0.3) is 6.08 Å². The maximum atomic E-state index is 12.2. The predicted molar refractivity (Wildman–Crippen MR) is 108 cm³/mol. The van der Waals surface area contributed by atoms with Gasteiger partial charge in [-0.05, 0) is 41.5 Å². The van der Waals surface area contributed by atoms with E-state index < -0.39 is 5.97 Å². The van der Waals surface area contributed by atoms with Crippen LogP contribution in [0.3, 0.4) is 0 Å². The van der Waals surface area contributed by atoms with Crippen molar-refractivity contribution in [1.29, 1.82) is 0 Å². The lowest BCUT2D eigenvalue weighted by atomic mass is 10.1. The second-order valence-corrected chi connectivity index (χ2v) is 6.37. The number of hydrogen-bond donors (Lipinski definition) is 1.